The topological polar surface area (TPSA) is 30.7 Å². The molecule has 0 atom stereocenters. The molecule has 1 fully saturated rings. The van der Waals surface area contributed by atoms with Crippen LogP contribution >= 0.6 is 0 Å². The number of piperidine rings is 1. The Morgan fingerprint density at radius 3 is 2.41 bits per heavy atom. The molecule has 1 saturated heterocycles. The molecule has 0 saturated carbocycles. The first-order valence-corrected chi connectivity index (χ1v) is 5.83. The lowest BCUT2D eigenvalue weighted by molar-refractivity contribution is -0.885. The van der Waals surface area contributed by atoms with Gasteiger partial charge in [0.25, 0.3) is 0 Å². The number of carbonyl (C=O) groups excluding carboxylic acids is 1. The number of nitrogens with one attached hydrogen (secondary N) is 1. The molecule has 0 amide bonds. The van der Waals surface area contributed by atoms with Crippen LogP contribution in [0.25, 0.3) is 0 Å². The molecule has 0 radical (unpaired) electrons. The van der Waals surface area contributed by atoms with E-state index in [9.17, 15) is 4.79 Å². The van der Waals surface area contributed by atoms with Crippen LogP contribution in [0.5, 0.6) is 0 Å². The van der Waals surface area contributed by atoms with Crippen molar-refractivity contribution in [3.05, 3.63) is 35.9 Å². The molecular formula is C13H18ClNO2. The zero-order chi connectivity index (χ0) is 11.4. The van der Waals surface area contributed by atoms with Gasteiger partial charge in [-0.3, -0.25) is 0 Å². The van der Waals surface area contributed by atoms with E-state index < -0.39 is 0 Å². The summed E-state index contributed by atoms with van der Waals surface area (Å²) in [5.41, 5.74) is 0.647. The molecular weight excluding hydrogens is 238 g/mol. The minimum absolute atomic E-state index is 0. The molecule has 1 aromatic rings. The fourth-order valence-corrected chi connectivity index (χ4v) is 2.00. The first-order valence-electron chi connectivity index (χ1n) is 5.83. The number of carbonyl (C=O) groups is 1. The minimum atomic E-state index is -0.190. The second-order valence-corrected chi connectivity index (χ2v) is 4.43. The Morgan fingerprint density at radius 2 is 1.82 bits per heavy atom. The summed E-state index contributed by atoms with van der Waals surface area (Å²) >= 11 is 0. The monoisotopic (exact) mass is 255 g/mol. The molecule has 2 rings (SSSR count). The van der Waals surface area contributed by atoms with Gasteiger partial charge in [-0.2, -0.15) is 0 Å². The van der Waals surface area contributed by atoms with Crippen LogP contribution in [-0.4, -0.2) is 32.2 Å². The molecule has 4 heteroatoms. The molecule has 1 N–H and O–H groups in total. The number of likely N-dealkylation sites (tertiary alicyclic amines) is 1. The molecule has 0 aliphatic carbocycles. The number of hydrogen-bond donors (Lipinski definition) is 1. The number of benzene rings is 1. The first kappa shape index (κ1) is 14.0. The van der Waals surface area contributed by atoms with E-state index in [4.69, 9.17) is 4.74 Å². The van der Waals surface area contributed by atoms with Crippen molar-refractivity contribution < 1.29 is 26.8 Å². The van der Waals surface area contributed by atoms with Gasteiger partial charge in [0.1, 0.15) is 6.10 Å². The fourth-order valence-electron chi connectivity index (χ4n) is 2.00. The number of quaternary nitrogens is 1. The summed E-state index contributed by atoms with van der Waals surface area (Å²) in [7, 11) is 2.18. The zero-order valence-electron chi connectivity index (χ0n) is 9.99. The second kappa shape index (κ2) is 6.62. The van der Waals surface area contributed by atoms with Gasteiger partial charge in [-0.1, -0.05) is 18.2 Å². The van der Waals surface area contributed by atoms with Crippen molar-refractivity contribution in [3.8, 4) is 0 Å². The Labute approximate surface area is 108 Å². The van der Waals surface area contributed by atoms with Gasteiger partial charge in [0.05, 0.1) is 25.7 Å². The van der Waals surface area contributed by atoms with Gasteiger partial charge in [-0.25, -0.2) is 4.79 Å². The third-order valence-electron chi connectivity index (χ3n) is 3.07. The van der Waals surface area contributed by atoms with Crippen molar-refractivity contribution in [1.29, 1.82) is 0 Å². The molecule has 3 nitrogen and oxygen atoms in total. The lowest BCUT2D eigenvalue weighted by Gasteiger charge is -2.26. The first-order chi connectivity index (χ1) is 7.75. The number of halogens is 1. The van der Waals surface area contributed by atoms with E-state index in [1.807, 2.05) is 18.2 Å². The predicted molar refractivity (Wildman–Crippen MR) is 61.5 cm³/mol. The highest BCUT2D eigenvalue weighted by Gasteiger charge is 2.22. The van der Waals surface area contributed by atoms with Crippen molar-refractivity contribution in [2.45, 2.75) is 18.9 Å². The van der Waals surface area contributed by atoms with Crippen LogP contribution in [0.15, 0.2) is 30.3 Å². The quantitative estimate of drug-likeness (QED) is 0.594. The summed E-state index contributed by atoms with van der Waals surface area (Å²) < 4.78 is 5.47. The van der Waals surface area contributed by atoms with Crippen molar-refractivity contribution in [3.63, 3.8) is 0 Å². The highest BCUT2D eigenvalue weighted by atomic mass is 35.5. The van der Waals surface area contributed by atoms with Crippen molar-refractivity contribution in [1.82, 2.24) is 0 Å². The third-order valence-corrected chi connectivity index (χ3v) is 3.07. The van der Waals surface area contributed by atoms with Gasteiger partial charge in [-0.05, 0) is 12.1 Å². The number of esters is 1. The van der Waals surface area contributed by atoms with E-state index in [0.29, 0.717) is 5.56 Å². The summed E-state index contributed by atoms with van der Waals surface area (Å²) in [6.07, 6.45) is 2.06. The highest BCUT2D eigenvalue weighted by molar-refractivity contribution is 5.89. The number of rotatable bonds is 2. The van der Waals surface area contributed by atoms with Crippen molar-refractivity contribution >= 4 is 5.97 Å². The molecule has 0 aromatic heterocycles. The van der Waals surface area contributed by atoms with Gasteiger partial charge in [-0.15, -0.1) is 0 Å². The van der Waals surface area contributed by atoms with Crippen molar-refractivity contribution in [2.24, 2.45) is 0 Å². The maximum atomic E-state index is 11.8. The normalized spacial score (nSPS) is 23.6. The van der Waals surface area contributed by atoms with Crippen LogP contribution in [0.4, 0.5) is 0 Å². The van der Waals surface area contributed by atoms with E-state index >= 15 is 0 Å². The Morgan fingerprint density at radius 1 is 1.24 bits per heavy atom. The second-order valence-electron chi connectivity index (χ2n) is 4.43. The smallest absolute Gasteiger partial charge is 0.338 e. The summed E-state index contributed by atoms with van der Waals surface area (Å²) in [4.78, 5) is 13.3. The van der Waals surface area contributed by atoms with E-state index in [1.54, 1.807) is 12.1 Å². The summed E-state index contributed by atoms with van der Waals surface area (Å²) in [6.45, 7) is 2.18. The lowest BCUT2D eigenvalue weighted by Crippen LogP contribution is -3.10. The van der Waals surface area contributed by atoms with Crippen LogP contribution in [-0.2, 0) is 4.74 Å². The fraction of sp³-hybridized carbons (Fsp3) is 0.462. The Balaban J connectivity index is 0.00000144. The average molecular weight is 256 g/mol. The number of ether oxygens (including phenoxy) is 1. The summed E-state index contributed by atoms with van der Waals surface area (Å²) in [5, 5.41) is 0. The molecule has 0 unspecified atom stereocenters. The Kier molecular flexibility index (Phi) is 5.45. The van der Waals surface area contributed by atoms with Crippen LogP contribution in [0.1, 0.15) is 23.2 Å². The molecule has 1 aliphatic heterocycles. The average Bonchev–Trinajstić information content (AvgIpc) is 2.33. The van der Waals surface area contributed by atoms with Gasteiger partial charge in [0.15, 0.2) is 0 Å². The van der Waals surface area contributed by atoms with Crippen LogP contribution < -0.4 is 17.3 Å². The predicted octanol–water partition coefficient (Wildman–Crippen LogP) is -2.48. The number of hydrogen-bond acceptors (Lipinski definition) is 2. The molecule has 0 spiro atoms. The van der Waals surface area contributed by atoms with Crippen LogP contribution in [0, 0.1) is 0 Å². The third kappa shape index (κ3) is 4.02. The Bertz CT molecular complexity index is 348. The SMILES string of the molecule is C[NH+]1CCC(OC(=O)c2ccccc2)CC1.[Cl-]. The molecule has 1 aromatic carbocycles. The summed E-state index contributed by atoms with van der Waals surface area (Å²) in [6, 6.07) is 9.20. The van der Waals surface area contributed by atoms with Gasteiger partial charge >= 0.3 is 5.97 Å². The standard InChI is InChI=1S/C13H17NO2.ClH/c1-14-9-7-12(8-10-14)16-13(15)11-5-3-2-4-6-11;/h2-6,12H,7-10H2,1H3;1H. The molecule has 17 heavy (non-hydrogen) atoms. The van der Waals surface area contributed by atoms with Gasteiger partial charge in [0, 0.05) is 12.8 Å². The van der Waals surface area contributed by atoms with Crippen LogP contribution in [0.2, 0.25) is 0 Å². The largest absolute Gasteiger partial charge is 1.00 e. The van der Waals surface area contributed by atoms with Crippen LogP contribution in [0.3, 0.4) is 0 Å². The van der Waals surface area contributed by atoms with Gasteiger partial charge in [0.2, 0.25) is 0 Å². The highest BCUT2D eigenvalue weighted by Crippen LogP contribution is 2.09. The summed E-state index contributed by atoms with van der Waals surface area (Å²) in [5.74, 6) is -0.190. The van der Waals surface area contributed by atoms with E-state index in [0.717, 1.165) is 25.9 Å². The Hall–Kier alpha value is -1.06. The minimum Gasteiger partial charge on any atom is -1.00 e. The molecule has 1 heterocycles. The molecule has 0 bridgehead atoms. The lowest BCUT2D eigenvalue weighted by atomic mass is 10.1. The maximum Gasteiger partial charge on any atom is 0.338 e. The van der Waals surface area contributed by atoms with E-state index in [-0.39, 0.29) is 24.5 Å². The van der Waals surface area contributed by atoms with Crippen molar-refractivity contribution in [2.75, 3.05) is 20.1 Å². The van der Waals surface area contributed by atoms with E-state index in [1.165, 1.54) is 4.90 Å². The van der Waals surface area contributed by atoms with E-state index in [2.05, 4.69) is 7.05 Å². The molecule has 94 valence electrons. The van der Waals surface area contributed by atoms with Gasteiger partial charge < -0.3 is 22.0 Å². The molecule has 1 aliphatic rings. The zero-order valence-corrected chi connectivity index (χ0v) is 10.7. The maximum absolute atomic E-state index is 11.8.